The van der Waals surface area contributed by atoms with E-state index in [9.17, 15) is 0 Å². The summed E-state index contributed by atoms with van der Waals surface area (Å²) in [7, 11) is 2.13. The smallest absolute Gasteiger partial charge is 0.0837 e. The van der Waals surface area contributed by atoms with Crippen molar-refractivity contribution in [2.24, 2.45) is 11.8 Å². The second kappa shape index (κ2) is 6.38. The van der Waals surface area contributed by atoms with E-state index in [0.717, 1.165) is 18.4 Å². The van der Waals surface area contributed by atoms with Crippen molar-refractivity contribution >= 4 is 0 Å². The zero-order valence-corrected chi connectivity index (χ0v) is 12.5. The fourth-order valence-electron chi connectivity index (χ4n) is 4.04. The van der Waals surface area contributed by atoms with Gasteiger partial charge in [0, 0.05) is 12.6 Å². The molecule has 0 aromatic heterocycles. The average Bonchev–Trinajstić information content (AvgIpc) is 2.28. The summed E-state index contributed by atoms with van der Waals surface area (Å²) < 4.78 is 6.30. The first kappa shape index (κ1) is 14.3. The molecule has 106 valence electrons. The molecule has 0 spiro atoms. The molecule has 0 aliphatic heterocycles. The third-order valence-electron chi connectivity index (χ3n) is 5.20. The summed E-state index contributed by atoms with van der Waals surface area (Å²) in [6.07, 6.45) is 10.9. The molecule has 18 heavy (non-hydrogen) atoms. The van der Waals surface area contributed by atoms with Crippen molar-refractivity contribution in [3.8, 4) is 0 Å². The maximum Gasteiger partial charge on any atom is 0.0837 e. The van der Waals surface area contributed by atoms with E-state index in [-0.39, 0.29) is 5.60 Å². The van der Waals surface area contributed by atoms with Crippen LogP contribution >= 0.6 is 0 Å². The van der Waals surface area contributed by atoms with Crippen molar-refractivity contribution in [2.45, 2.75) is 76.9 Å². The number of hydrogen-bond acceptors (Lipinski definition) is 2. The molecule has 2 heteroatoms. The molecule has 1 N–H and O–H groups in total. The van der Waals surface area contributed by atoms with E-state index in [0.29, 0.717) is 6.04 Å². The molecule has 2 saturated carbocycles. The fourth-order valence-corrected chi connectivity index (χ4v) is 4.04. The molecule has 2 rings (SSSR count). The van der Waals surface area contributed by atoms with Crippen LogP contribution in [0.25, 0.3) is 0 Å². The second-order valence-electron chi connectivity index (χ2n) is 6.57. The summed E-state index contributed by atoms with van der Waals surface area (Å²) in [5.74, 6) is 1.78. The lowest BCUT2D eigenvalue weighted by molar-refractivity contribution is -0.105. The highest BCUT2D eigenvalue weighted by atomic mass is 16.5. The molecule has 2 fully saturated rings. The van der Waals surface area contributed by atoms with Gasteiger partial charge in [0.2, 0.25) is 0 Å². The Kier molecular flexibility index (Phi) is 5.08. The van der Waals surface area contributed by atoms with Gasteiger partial charge in [-0.1, -0.05) is 39.0 Å². The number of rotatable bonds is 6. The summed E-state index contributed by atoms with van der Waals surface area (Å²) in [5, 5.41) is 3.59. The van der Waals surface area contributed by atoms with Gasteiger partial charge in [0.25, 0.3) is 0 Å². The van der Waals surface area contributed by atoms with Crippen LogP contribution in [-0.2, 0) is 4.74 Å². The highest BCUT2D eigenvalue weighted by Crippen LogP contribution is 2.41. The minimum Gasteiger partial charge on any atom is -0.374 e. The van der Waals surface area contributed by atoms with Crippen LogP contribution in [0.15, 0.2) is 0 Å². The zero-order chi connectivity index (χ0) is 13.0. The maximum absolute atomic E-state index is 6.30. The zero-order valence-electron chi connectivity index (χ0n) is 12.5. The van der Waals surface area contributed by atoms with Gasteiger partial charge in [-0.15, -0.1) is 0 Å². The summed E-state index contributed by atoms with van der Waals surface area (Å²) in [6.45, 7) is 5.40. The first-order valence-corrected chi connectivity index (χ1v) is 8.01. The lowest BCUT2D eigenvalue weighted by Crippen LogP contribution is -2.55. The van der Waals surface area contributed by atoms with Gasteiger partial charge in [0.05, 0.1) is 5.60 Å². The lowest BCUT2D eigenvalue weighted by Gasteiger charge is -2.47. The first-order chi connectivity index (χ1) is 8.70. The summed E-state index contributed by atoms with van der Waals surface area (Å²) in [5.41, 5.74) is 0.122. The fraction of sp³-hybridized carbons (Fsp3) is 1.00. The summed E-state index contributed by atoms with van der Waals surface area (Å²) in [4.78, 5) is 0. The Morgan fingerprint density at radius 2 is 2.06 bits per heavy atom. The van der Waals surface area contributed by atoms with Gasteiger partial charge in [0.1, 0.15) is 0 Å². The predicted octanol–water partition coefficient (Wildman–Crippen LogP) is 3.75. The summed E-state index contributed by atoms with van der Waals surface area (Å²) in [6, 6.07) is 0.561. The van der Waals surface area contributed by atoms with Crippen LogP contribution in [0.5, 0.6) is 0 Å². The highest BCUT2D eigenvalue weighted by Gasteiger charge is 2.43. The van der Waals surface area contributed by atoms with E-state index < -0.39 is 0 Å². The molecular formula is C16H31NO. The maximum atomic E-state index is 6.30. The molecule has 3 atom stereocenters. The van der Waals surface area contributed by atoms with Crippen LogP contribution in [0.2, 0.25) is 0 Å². The SMILES string of the molecule is CCOC1(C(CC2CCC2)NC)CCCC(C)C1. The van der Waals surface area contributed by atoms with Gasteiger partial charge < -0.3 is 10.1 Å². The predicted molar refractivity (Wildman–Crippen MR) is 76.8 cm³/mol. The molecule has 3 unspecified atom stereocenters. The molecule has 0 saturated heterocycles. The molecule has 2 nitrogen and oxygen atoms in total. The Morgan fingerprint density at radius 1 is 1.28 bits per heavy atom. The molecule has 0 heterocycles. The normalized spacial score (nSPS) is 35.2. The van der Waals surface area contributed by atoms with Gasteiger partial charge in [-0.3, -0.25) is 0 Å². The van der Waals surface area contributed by atoms with Crippen molar-refractivity contribution in [3.63, 3.8) is 0 Å². The Labute approximate surface area is 113 Å². The lowest BCUT2D eigenvalue weighted by atomic mass is 9.70. The van der Waals surface area contributed by atoms with E-state index in [1.165, 1.54) is 51.4 Å². The van der Waals surface area contributed by atoms with Crippen LogP contribution in [0.3, 0.4) is 0 Å². The van der Waals surface area contributed by atoms with Crippen molar-refractivity contribution in [3.05, 3.63) is 0 Å². The van der Waals surface area contributed by atoms with Crippen molar-refractivity contribution < 1.29 is 4.74 Å². The first-order valence-electron chi connectivity index (χ1n) is 8.01. The molecule has 0 amide bonds. The average molecular weight is 253 g/mol. The monoisotopic (exact) mass is 253 g/mol. The summed E-state index contributed by atoms with van der Waals surface area (Å²) >= 11 is 0. The Hall–Kier alpha value is -0.0800. The molecular weight excluding hydrogens is 222 g/mol. The van der Waals surface area contributed by atoms with Gasteiger partial charge >= 0.3 is 0 Å². The van der Waals surface area contributed by atoms with Crippen LogP contribution in [0.4, 0.5) is 0 Å². The van der Waals surface area contributed by atoms with E-state index >= 15 is 0 Å². The van der Waals surface area contributed by atoms with Crippen LogP contribution < -0.4 is 5.32 Å². The third kappa shape index (κ3) is 3.08. The van der Waals surface area contributed by atoms with E-state index in [2.05, 4.69) is 26.2 Å². The minimum atomic E-state index is 0.122. The molecule has 0 aromatic rings. The number of likely N-dealkylation sites (N-methyl/N-ethyl adjacent to an activating group) is 1. The van der Waals surface area contributed by atoms with E-state index in [1.807, 2.05) is 0 Å². The Balaban J connectivity index is 2.04. The number of nitrogens with one attached hydrogen (secondary N) is 1. The molecule has 2 aliphatic rings. The molecule has 0 aromatic carbocycles. The van der Waals surface area contributed by atoms with Crippen LogP contribution in [-0.4, -0.2) is 25.3 Å². The molecule has 0 bridgehead atoms. The minimum absolute atomic E-state index is 0.122. The molecule has 2 aliphatic carbocycles. The van der Waals surface area contributed by atoms with Crippen LogP contribution in [0.1, 0.15) is 65.2 Å². The molecule has 0 radical (unpaired) electrons. The Bertz CT molecular complexity index is 247. The standard InChI is InChI=1S/C16H31NO/c1-4-18-16(10-6-7-13(2)12-16)15(17-3)11-14-8-5-9-14/h13-15,17H,4-12H2,1-3H3. The van der Waals surface area contributed by atoms with E-state index in [1.54, 1.807) is 0 Å². The van der Waals surface area contributed by atoms with Crippen molar-refractivity contribution in [2.75, 3.05) is 13.7 Å². The third-order valence-corrected chi connectivity index (χ3v) is 5.20. The number of hydrogen-bond donors (Lipinski definition) is 1. The van der Waals surface area contributed by atoms with Gasteiger partial charge in [-0.05, 0) is 45.1 Å². The van der Waals surface area contributed by atoms with Gasteiger partial charge in [-0.25, -0.2) is 0 Å². The second-order valence-corrected chi connectivity index (χ2v) is 6.57. The largest absolute Gasteiger partial charge is 0.374 e. The van der Waals surface area contributed by atoms with E-state index in [4.69, 9.17) is 4.74 Å². The number of ether oxygens (including phenoxy) is 1. The topological polar surface area (TPSA) is 21.3 Å². The quantitative estimate of drug-likeness (QED) is 0.778. The van der Waals surface area contributed by atoms with Gasteiger partial charge in [-0.2, -0.15) is 0 Å². The Morgan fingerprint density at radius 3 is 2.56 bits per heavy atom. The van der Waals surface area contributed by atoms with Crippen molar-refractivity contribution in [1.29, 1.82) is 0 Å². The van der Waals surface area contributed by atoms with Gasteiger partial charge in [0.15, 0.2) is 0 Å². The van der Waals surface area contributed by atoms with Crippen molar-refractivity contribution in [1.82, 2.24) is 5.32 Å². The highest BCUT2D eigenvalue weighted by molar-refractivity contribution is 4.98. The van der Waals surface area contributed by atoms with Crippen LogP contribution in [0, 0.1) is 11.8 Å².